The van der Waals surface area contributed by atoms with Crippen LogP contribution in [0.2, 0.25) is 0 Å². The molecule has 4 atom stereocenters. The quantitative estimate of drug-likeness (QED) is 0.484. The van der Waals surface area contributed by atoms with E-state index in [1.165, 1.54) is 18.8 Å². The summed E-state index contributed by atoms with van der Waals surface area (Å²) in [6.45, 7) is 5.82. The van der Waals surface area contributed by atoms with Crippen molar-refractivity contribution in [3.8, 4) is 0 Å². The highest BCUT2D eigenvalue weighted by atomic mass is 31.2. The van der Waals surface area contributed by atoms with Crippen molar-refractivity contribution in [2.45, 2.75) is 39.2 Å². The van der Waals surface area contributed by atoms with Gasteiger partial charge in [0.25, 0.3) is 5.56 Å². The second-order valence-electron chi connectivity index (χ2n) is 7.76. The first kappa shape index (κ1) is 25.7. The van der Waals surface area contributed by atoms with Crippen LogP contribution in [0.3, 0.4) is 0 Å². The summed E-state index contributed by atoms with van der Waals surface area (Å²) in [6.07, 6.45) is -1.30. The maximum Gasteiger partial charge on any atom is 0.472 e. The van der Waals surface area contributed by atoms with Crippen LogP contribution in [0.1, 0.15) is 27.0 Å². The Hall–Kier alpha value is -1.58. The van der Waals surface area contributed by atoms with Crippen LogP contribution < -0.4 is 5.56 Å². The molecule has 1 heterocycles. The highest BCUT2D eigenvalue weighted by Gasteiger charge is 2.46. The van der Waals surface area contributed by atoms with Crippen LogP contribution in [0, 0.1) is 5.41 Å². The summed E-state index contributed by atoms with van der Waals surface area (Å²) < 4.78 is 40.9. The fourth-order valence-corrected chi connectivity index (χ4v) is 4.39. The molecule has 31 heavy (non-hydrogen) atoms. The van der Waals surface area contributed by atoms with Gasteiger partial charge in [-0.25, -0.2) is 4.57 Å². The lowest BCUT2D eigenvalue weighted by molar-refractivity contribution is -0.168. The summed E-state index contributed by atoms with van der Waals surface area (Å²) in [4.78, 5) is 23.3. The lowest BCUT2D eigenvalue weighted by Gasteiger charge is -2.41. The van der Waals surface area contributed by atoms with Crippen LogP contribution in [-0.2, 0) is 27.8 Å². The van der Waals surface area contributed by atoms with Crippen molar-refractivity contribution in [1.29, 1.82) is 0 Å². The van der Waals surface area contributed by atoms with E-state index < -0.39 is 31.7 Å². The zero-order chi connectivity index (χ0) is 23.2. The molecule has 2 unspecified atom stereocenters. The maximum atomic E-state index is 13.2. The number of methoxy groups -OCH3 is 2. The Morgan fingerprint density at radius 1 is 1.16 bits per heavy atom. The molecule has 1 N–H and O–H groups in total. The molecule has 1 aromatic carbocycles. The molecule has 0 aliphatic rings. The molecule has 0 saturated heterocycles. The predicted molar refractivity (Wildman–Crippen MR) is 117 cm³/mol. The number of phosphoric acid groups is 1. The van der Waals surface area contributed by atoms with Crippen LogP contribution in [0.25, 0.3) is 10.8 Å². The summed E-state index contributed by atoms with van der Waals surface area (Å²) >= 11 is 0. The van der Waals surface area contributed by atoms with E-state index in [1.807, 2.05) is 12.1 Å². The monoisotopic (exact) mass is 457 g/mol. The SMILES string of the molecule is CCO[C@H](C(OC)n1ccc2ccccc2c1=O)[C@H](OP(=O)(O)OC)C(C)(C)COC. The van der Waals surface area contributed by atoms with Crippen molar-refractivity contribution in [2.75, 3.05) is 34.5 Å². The van der Waals surface area contributed by atoms with Crippen molar-refractivity contribution >= 4 is 18.6 Å². The maximum absolute atomic E-state index is 13.2. The van der Waals surface area contributed by atoms with Gasteiger partial charge in [-0.2, -0.15) is 0 Å². The fourth-order valence-electron chi connectivity index (χ4n) is 3.61. The number of benzene rings is 1. The van der Waals surface area contributed by atoms with Gasteiger partial charge >= 0.3 is 7.82 Å². The van der Waals surface area contributed by atoms with Crippen molar-refractivity contribution in [3.05, 3.63) is 46.9 Å². The van der Waals surface area contributed by atoms with E-state index in [2.05, 4.69) is 4.52 Å². The van der Waals surface area contributed by atoms with Crippen LogP contribution >= 0.6 is 7.82 Å². The minimum absolute atomic E-state index is 0.189. The number of fused-ring (bicyclic) bond motifs is 1. The average Bonchev–Trinajstić information content (AvgIpc) is 2.73. The second-order valence-corrected chi connectivity index (χ2v) is 9.27. The fraction of sp³-hybridized carbons (Fsp3) is 0.571. The van der Waals surface area contributed by atoms with Gasteiger partial charge in [-0.05, 0) is 24.4 Å². The molecule has 0 aliphatic carbocycles. The Kier molecular flexibility index (Phi) is 8.97. The lowest BCUT2D eigenvalue weighted by atomic mass is 9.83. The van der Waals surface area contributed by atoms with Gasteiger partial charge in [-0.15, -0.1) is 0 Å². The van der Waals surface area contributed by atoms with E-state index in [4.69, 9.17) is 18.7 Å². The van der Waals surface area contributed by atoms with E-state index in [1.54, 1.807) is 45.2 Å². The predicted octanol–water partition coefficient (Wildman–Crippen LogP) is 3.36. The topological polar surface area (TPSA) is 105 Å². The number of rotatable bonds is 12. The Bertz CT molecular complexity index is 960. The molecule has 0 fully saturated rings. The molecular weight excluding hydrogens is 425 g/mol. The molecular formula is C21H32NO8P. The first-order valence-corrected chi connectivity index (χ1v) is 11.4. The Labute approximate surface area is 182 Å². The average molecular weight is 457 g/mol. The number of hydrogen-bond acceptors (Lipinski definition) is 7. The van der Waals surface area contributed by atoms with Gasteiger partial charge in [0.1, 0.15) is 12.2 Å². The molecule has 2 rings (SSSR count). The highest BCUT2D eigenvalue weighted by Crippen LogP contribution is 2.48. The van der Waals surface area contributed by atoms with Crippen LogP contribution in [0.15, 0.2) is 41.3 Å². The van der Waals surface area contributed by atoms with E-state index in [0.29, 0.717) is 5.39 Å². The molecule has 0 amide bonds. The van der Waals surface area contributed by atoms with Crippen LogP contribution in [0.4, 0.5) is 0 Å². The Balaban J connectivity index is 2.62. The second kappa shape index (κ2) is 10.8. The van der Waals surface area contributed by atoms with E-state index in [-0.39, 0.29) is 18.8 Å². The smallest absolute Gasteiger partial charge is 0.384 e. The molecule has 0 spiro atoms. The van der Waals surface area contributed by atoms with Gasteiger partial charge in [0.2, 0.25) is 0 Å². The number of hydrogen-bond donors (Lipinski definition) is 1. The van der Waals surface area contributed by atoms with Crippen LogP contribution in [-0.4, -0.2) is 56.2 Å². The third-order valence-electron chi connectivity index (χ3n) is 5.06. The minimum atomic E-state index is -4.40. The van der Waals surface area contributed by atoms with Gasteiger partial charge in [-0.1, -0.05) is 32.0 Å². The van der Waals surface area contributed by atoms with Crippen molar-refractivity contribution in [3.63, 3.8) is 0 Å². The van der Waals surface area contributed by atoms with Gasteiger partial charge < -0.3 is 19.1 Å². The molecule has 0 bridgehead atoms. The Morgan fingerprint density at radius 2 is 1.84 bits per heavy atom. The number of aromatic nitrogens is 1. The minimum Gasteiger partial charge on any atom is -0.384 e. The normalized spacial score (nSPS) is 17.3. The largest absolute Gasteiger partial charge is 0.472 e. The number of pyridine rings is 1. The molecule has 174 valence electrons. The Morgan fingerprint density at radius 3 is 2.42 bits per heavy atom. The molecule has 0 saturated carbocycles. The lowest BCUT2D eigenvalue weighted by Crippen LogP contribution is -2.50. The first-order valence-electron chi connectivity index (χ1n) is 9.92. The van der Waals surface area contributed by atoms with E-state index in [0.717, 1.165) is 12.5 Å². The molecule has 0 aliphatic heterocycles. The van der Waals surface area contributed by atoms with Gasteiger partial charge in [0.05, 0.1) is 6.61 Å². The number of nitrogens with zero attached hydrogens (tertiary/aromatic N) is 1. The third-order valence-corrected chi connectivity index (χ3v) is 6.01. The standard InChI is InChI=1S/C21H32NO8P/c1-7-29-17(18(21(2,3)14-26-4)30-31(24,25)28-6)20(27-5)22-13-12-15-10-8-9-11-16(15)19(22)23/h8-13,17-18,20H,7,14H2,1-6H3,(H,24,25)/t17-,18-,20?/m0/s1. The summed E-state index contributed by atoms with van der Waals surface area (Å²) in [5.74, 6) is 0. The third kappa shape index (κ3) is 6.02. The zero-order valence-corrected chi connectivity index (χ0v) is 19.7. The number of phosphoric ester groups is 1. The molecule has 9 nitrogen and oxygen atoms in total. The molecule has 1 aromatic heterocycles. The van der Waals surface area contributed by atoms with E-state index >= 15 is 0 Å². The summed E-state index contributed by atoms with van der Waals surface area (Å²) in [5, 5.41) is 1.30. The number of ether oxygens (including phenoxy) is 3. The summed E-state index contributed by atoms with van der Waals surface area (Å²) in [6, 6.07) is 9.01. The summed E-state index contributed by atoms with van der Waals surface area (Å²) in [5.41, 5.74) is -1.08. The van der Waals surface area contributed by atoms with E-state index in [9.17, 15) is 14.3 Å². The molecule has 0 radical (unpaired) electrons. The molecule has 2 aromatic rings. The van der Waals surface area contributed by atoms with Crippen molar-refractivity contribution < 1.29 is 32.7 Å². The summed E-state index contributed by atoms with van der Waals surface area (Å²) in [7, 11) is -0.360. The van der Waals surface area contributed by atoms with Gasteiger partial charge in [-0.3, -0.25) is 18.4 Å². The zero-order valence-electron chi connectivity index (χ0n) is 18.8. The first-order chi connectivity index (χ1) is 14.6. The highest BCUT2D eigenvalue weighted by molar-refractivity contribution is 7.47. The van der Waals surface area contributed by atoms with Gasteiger partial charge in [0, 0.05) is 44.9 Å². The van der Waals surface area contributed by atoms with Crippen molar-refractivity contribution in [2.24, 2.45) is 5.41 Å². The molecule has 10 heteroatoms. The van der Waals surface area contributed by atoms with Gasteiger partial charge in [0.15, 0.2) is 6.23 Å². The van der Waals surface area contributed by atoms with Crippen molar-refractivity contribution in [1.82, 2.24) is 4.57 Å². The van der Waals surface area contributed by atoms with Crippen LogP contribution in [0.5, 0.6) is 0 Å².